The van der Waals surface area contributed by atoms with Gasteiger partial charge in [0.2, 0.25) is 0 Å². The largest absolute Gasteiger partial charge is 0.458 e. The maximum Gasteiger partial charge on any atom is 0.307 e. The highest BCUT2D eigenvalue weighted by molar-refractivity contribution is 6.04. The van der Waals surface area contributed by atoms with Crippen LogP contribution >= 0.6 is 0 Å². The van der Waals surface area contributed by atoms with Crippen LogP contribution in [0.1, 0.15) is 54.9 Å². The lowest BCUT2D eigenvalue weighted by molar-refractivity contribution is -0.227. The van der Waals surface area contributed by atoms with Crippen LogP contribution in [0.15, 0.2) is 23.5 Å². The number of hydrogen-bond acceptors (Lipinski definition) is 9. The lowest BCUT2D eigenvalue weighted by Gasteiger charge is -2.52. The van der Waals surface area contributed by atoms with Gasteiger partial charge in [-0.15, -0.1) is 0 Å². The van der Waals surface area contributed by atoms with Gasteiger partial charge in [-0.1, -0.05) is 26.8 Å². The first kappa shape index (κ1) is 24.6. The second-order valence-electron chi connectivity index (χ2n) is 10.8. The van der Waals surface area contributed by atoms with Crippen molar-refractivity contribution in [2.45, 2.75) is 77.8 Å². The fourth-order valence-electron chi connectivity index (χ4n) is 7.25. The molecule has 4 aliphatic carbocycles. The molecule has 186 valence electrons. The molecule has 0 heterocycles. The van der Waals surface area contributed by atoms with Gasteiger partial charge < -0.3 is 24.4 Å². The normalized spacial score (nSPS) is 43.8. The number of ether oxygens (including phenoxy) is 3. The van der Waals surface area contributed by atoms with Gasteiger partial charge in [-0.2, -0.15) is 0 Å². The average Bonchev–Trinajstić information content (AvgIpc) is 3.11. The van der Waals surface area contributed by atoms with Gasteiger partial charge in [0.05, 0.1) is 5.60 Å². The Kier molecular flexibility index (Phi) is 5.24. The van der Waals surface area contributed by atoms with Crippen molar-refractivity contribution >= 4 is 23.7 Å². The van der Waals surface area contributed by atoms with Gasteiger partial charge in [-0.05, 0) is 18.6 Å². The lowest BCUT2D eigenvalue weighted by atomic mass is 9.59. The van der Waals surface area contributed by atoms with Gasteiger partial charge in [-0.3, -0.25) is 19.2 Å². The Morgan fingerprint density at radius 2 is 1.65 bits per heavy atom. The van der Waals surface area contributed by atoms with Crippen LogP contribution in [0.3, 0.4) is 0 Å². The van der Waals surface area contributed by atoms with Crippen molar-refractivity contribution in [3.8, 4) is 0 Å². The molecule has 0 unspecified atom stereocenters. The maximum absolute atomic E-state index is 13.1. The summed E-state index contributed by atoms with van der Waals surface area (Å²) in [5.41, 5.74) is -5.55. The minimum absolute atomic E-state index is 0.0648. The first-order valence-electron chi connectivity index (χ1n) is 11.5. The SMILES string of the molecule is CC(=O)OC1=C[C@H]2[C@@H]3C(C)(C)[C@]3(OC(C)=O)[C@H](OC(C)=O)[C@@H](C)[C@]2(O)[C@@H]2C=C(C)C(=O)[C@@]2(O)C1. The number of ketones is 1. The minimum Gasteiger partial charge on any atom is -0.458 e. The van der Waals surface area contributed by atoms with Crippen LogP contribution in [-0.2, 0) is 33.4 Å². The van der Waals surface area contributed by atoms with Crippen LogP contribution in [-0.4, -0.2) is 56.8 Å². The Bertz CT molecular complexity index is 1050. The van der Waals surface area contributed by atoms with Gasteiger partial charge in [0.1, 0.15) is 17.5 Å². The highest BCUT2D eigenvalue weighted by Crippen LogP contribution is 2.77. The molecule has 0 amide bonds. The Balaban J connectivity index is 1.98. The third kappa shape index (κ3) is 2.92. The Morgan fingerprint density at radius 3 is 2.18 bits per heavy atom. The number of hydrogen-bond donors (Lipinski definition) is 2. The van der Waals surface area contributed by atoms with E-state index in [0.29, 0.717) is 0 Å². The fourth-order valence-corrected chi connectivity index (χ4v) is 7.25. The number of fused-ring (bicyclic) bond motifs is 5. The molecule has 0 bridgehead atoms. The summed E-state index contributed by atoms with van der Waals surface area (Å²) >= 11 is 0. The predicted octanol–water partition coefficient (Wildman–Crippen LogP) is 1.60. The monoisotopic (exact) mass is 476 g/mol. The van der Waals surface area contributed by atoms with Crippen molar-refractivity contribution in [2.75, 3.05) is 0 Å². The minimum atomic E-state index is -2.05. The molecule has 0 aromatic carbocycles. The zero-order valence-corrected chi connectivity index (χ0v) is 20.5. The topological polar surface area (TPSA) is 136 Å². The molecular formula is C25H32O9. The first-order chi connectivity index (χ1) is 15.5. The summed E-state index contributed by atoms with van der Waals surface area (Å²) in [7, 11) is 0. The highest BCUT2D eigenvalue weighted by atomic mass is 16.6. The summed E-state index contributed by atoms with van der Waals surface area (Å²) < 4.78 is 17.0. The number of esters is 3. The number of Topliss-reactive ketones (excluding diaryl/α,β-unsaturated/α-hetero) is 1. The fraction of sp³-hybridized carbons (Fsp3) is 0.680. The molecule has 2 saturated carbocycles. The van der Waals surface area contributed by atoms with Crippen LogP contribution < -0.4 is 0 Å². The van der Waals surface area contributed by atoms with E-state index in [9.17, 15) is 29.4 Å². The molecule has 0 spiro atoms. The molecule has 0 radical (unpaired) electrons. The van der Waals surface area contributed by atoms with Gasteiger partial charge in [0, 0.05) is 56.3 Å². The number of carbonyl (C=O) groups is 4. The molecule has 4 aliphatic rings. The summed E-state index contributed by atoms with van der Waals surface area (Å²) in [4.78, 5) is 49.3. The van der Waals surface area contributed by atoms with E-state index in [1.807, 2.05) is 13.8 Å². The Hall–Kier alpha value is -2.52. The van der Waals surface area contributed by atoms with Gasteiger partial charge in [0.25, 0.3) is 0 Å². The third-order valence-electron chi connectivity index (χ3n) is 8.53. The van der Waals surface area contributed by atoms with E-state index in [4.69, 9.17) is 14.2 Å². The molecule has 8 atom stereocenters. The van der Waals surface area contributed by atoms with E-state index in [1.165, 1.54) is 20.8 Å². The van der Waals surface area contributed by atoms with E-state index in [0.717, 1.165) is 0 Å². The van der Waals surface area contributed by atoms with E-state index in [2.05, 4.69) is 0 Å². The number of carbonyl (C=O) groups excluding carboxylic acids is 4. The molecular weight excluding hydrogens is 444 g/mol. The number of aliphatic hydroxyl groups is 2. The molecule has 2 N–H and O–H groups in total. The van der Waals surface area contributed by atoms with Crippen molar-refractivity contribution in [1.29, 1.82) is 0 Å². The summed E-state index contributed by atoms with van der Waals surface area (Å²) in [6, 6.07) is 0. The standard InChI is InChI=1S/C25H32O9/c1-11-8-18-23(30,20(11)29)10-16(32-13(3)26)9-17-19-22(6,7)25(19,34-15(5)28)21(33-14(4)27)12(2)24(17,18)31/h8-9,12,17-19,21,30-31H,10H2,1-7H3/t12-,17+,18-,19-,21-,23-,24-,25-/m1/s1. The molecule has 9 nitrogen and oxygen atoms in total. The predicted molar refractivity (Wildman–Crippen MR) is 117 cm³/mol. The molecule has 34 heavy (non-hydrogen) atoms. The van der Waals surface area contributed by atoms with E-state index >= 15 is 0 Å². The molecule has 0 saturated heterocycles. The zero-order chi connectivity index (χ0) is 25.6. The molecule has 0 aromatic rings. The summed E-state index contributed by atoms with van der Waals surface area (Å²) in [5, 5.41) is 24.1. The van der Waals surface area contributed by atoms with Crippen molar-refractivity contribution in [2.24, 2.45) is 29.1 Å². The smallest absolute Gasteiger partial charge is 0.307 e. The zero-order valence-electron chi connectivity index (χ0n) is 20.5. The average molecular weight is 477 g/mol. The van der Waals surface area contributed by atoms with Crippen LogP contribution in [0.5, 0.6) is 0 Å². The van der Waals surface area contributed by atoms with Gasteiger partial charge >= 0.3 is 17.9 Å². The quantitative estimate of drug-likeness (QED) is 0.460. The van der Waals surface area contributed by atoms with E-state index in [-0.39, 0.29) is 17.8 Å². The molecule has 4 rings (SSSR count). The first-order valence-corrected chi connectivity index (χ1v) is 11.5. The molecule has 0 aromatic heterocycles. The third-order valence-corrected chi connectivity index (χ3v) is 8.53. The van der Waals surface area contributed by atoms with Crippen LogP contribution in [0.25, 0.3) is 0 Å². The van der Waals surface area contributed by atoms with E-state index < -0.39 is 75.7 Å². The van der Waals surface area contributed by atoms with Crippen LogP contribution in [0.4, 0.5) is 0 Å². The second kappa shape index (κ2) is 7.24. The molecule has 0 aliphatic heterocycles. The van der Waals surface area contributed by atoms with Gasteiger partial charge in [0.15, 0.2) is 11.4 Å². The summed E-state index contributed by atoms with van der Waals surface area (Å²) in [6.07, 6.45) is 1.79. The lowest BCUT2D eigenvalue weighted by Crippen LogP contribution is -2.66. The highest BCUT2D eigenvalue weighted by Gasteiger charge is 2.88. The van der Waals surface area contributed by atoms with Crippen molar-refractivity contribution < 1.29 is 43.6 Å². The van der Waals surface area contributed by atoms with E-state index in [1.54, 1.807) is 26.0 Å². The van der Waals surface area contributed by atoms with Crippen molar-refractivity contribution in [3.63, 3.8) is 0 Å². The summed E-state index contributed by atoms with van der Waals surface area (Å²) in [6.45, 7) is 10.6. The van der Waals surface area contributed by atoms with Crippen LogP contribution in [0.2, 0.25) is 0 Å². The summed E-state index contributed by atoms with van der Waals surface area (Å²) in [5.74, 6) is -5.57. The van der Waals surface area contributed by atoms with Crippen LogP contribution in [0, 0.1) is 29.1 Å². The molecule has 2 fully saturated rings. The van der Waals surface area contributed by atoms with Crippen molar-refractivity contribution in [3.05, 3.63) is 23.5 Å². The Labute approximate surface area is 198 Å². The maximum atomic E-state index is 13.1. The second-order valence-corrected chi connectivity index (χ2v) is 10.8. The number of rotatable bonds is 3. The van der Waals surface area contributed by atoms with Gasteiger partial charge in [-0.25, -0.2) is 0 Å². The molecule has 9 heteroatoms. The van der Waals surface area contributed by atoms with Crippen molar-refractivity contribution in [1.82, 2.24) is 0 Å². The Morgan fingerprint density at radius 1 is 1.03 bits per heavy atom.